The number of carbonyl (C=O) groups excluding carboxylic acids is 2. The summed E-state index contributed by atoms with van der Waals surface area (Å²) in [5.41, 5.74) is 4.83. The number of anilines is 1. The highest BCUT2D eigenvalue weighted by Gasteiger charge is 2.24. The van der Waals surface area contributed by atoms with Gasteiger partial charge in [0.05, 0.1) is 18.9 Å². The largest absolute Gasteiger partial charge is 0.497 e. The number of hydrogen-bond acceptors (Lipinski definition) is 5. The van der Waals surface area contributed by atoms with Crippen LogP contribution in [-0.4, -0.2) is 59.2 Å². The maximum Gasteiger partial charge on any atom is 0.246 e. The molecule has 1 aliphatic heterocycles. The zero-order chi connectivity index (χ0) is 25.7. The fraction of sp³-hybridized carbons (Fsp3) is 0.393. The predicted octanol–water partition coefficient (Wildman–Crippen LogP) is 4.52. The molecule has 190 valence electrons. The lowest BCUT2D eigenvalue weighted by Gasteiger charge is -2.24. The molecule has 0 bridgehead atoms. The van der Waals surface area contributed by atoms with Crippen molar-refractivity contribution in [3.8, 4) is 22.7 Å². The molecule has 8 nitrogen and oxygen atoms in total. The van der Waals surface area contributed by atoms with Crippen molar-refractivity contribution in [2.24, 2.45) is 0 Å². The first-order valence-corrected chi connectivity index (χ1v) is 12.4. The van der Waals surface area contributed by atoms with E-state index in [1.807, 2.05) is 47.2 Å². The van der Waals surface area contributed by atoms with Crippen molar-refractivity contribution in [1.29, 1.82) is 0 Å². The van der Waals surface area contributed by atoms with Crippen LogP contribution in [0.15, 0.2) is 48.7 Å². The lowest BCUT2D eigenvalue weighted by atomic mass is 10.1. The lowest BCUT2D eigenvalue weighted by Crippen LogP contribution is -2.42. The smallest absolute Gasteiger partial charge is 0.246 e. The number of nitrogens with zero attached hydrogens (tertiary/aromatic N) is 3. The maximum absolute atomic E-state index is 13.1. The van der Waals surface area contributed by atoms with Crippen LogP contribution in [0.25, 0.3) is 16.9 Å². The van der Waals surface area contributed by atoms with Crippen LogP contribution in [0.4, 0.5) is 5.95 Å². The van der Waals surface area contributed by atoms with Gasteiger partial charge in [0.1, 0.15) is 12.3 Å². The third-order valence-electron chi connectivity index (χ3n) is 6.55. The first kappa shape index (κ1) is 25.4. The minimum atomic E-state index is -0.299. The van der Waals surface area contributed by atoms with Gasteiger partial charge in [-0.05, 0) is 74.2 Å². The summed E-state index contributed by atoms with van der Waals surface area (Å²) in [5.74, 6) is 0.784. The number of methoxy groups -OCH3 is 1. The van der Waals surface area contributed by atoms with E-state index in [0.717, 1.165) is 35.4 Å². The van der Waals surface area contributed by atoms with Crippen LogP contribution in [0.3, 0.4) is 0 Å². The molecule has 8 heteroatoms. The van der Waals surface area contributed by atoms with Gasteiger partial charge in [-0.15, -0.1) is 0 Å². The van der Waals surface area contributed by atoms with Crippen LogP contribution >= 0.6 is 0 Å². The third-order valence-corrected chi connectivity index (χ3v) is 6.55. The Morgan fingerprint density at radius 2 is 1.94 bits per heavy atom. The van der Waals surface area contributed by atoms with Crippen LogP contribution in [0.1, 0.15) is 37.3 Å². The Kier molecular flexibility index (Phi) is 8.05. The number of aromatic nitrogens is 2. The van der Waals surface area contributed by atoms with Gasteiger partial charge in [-0.25, -0.2) is 4.98 Å². The lowest BCUT2D eigenvalue weighted by molar-refractivity contribution is -0.135. The van der Waals surface area contributed by atoms with E-state index in [1.165, 1.54) is 5.56 Å². The fourth-order valence-corrected chi connectivity index (χ4v) is 4.29. The molecule has 1 unspecified atom stereocenters. The van der Waals surface area contributed by atoms with E-state index >= 15 is 0 Å². The highest BCUT2D eigenvalue weighted by atomic mass is 16.5. The van der Waals surface area contributed by atoms with Gasteiger partial charge in [0.2, 0.25) is 17.8 Å². The summed E-state index contributed by atoms with van der Waals surface area (Å²) in [4.78, 5) is 32.0. The molecule has 0 saturated carbocycles. The summed E-state index contributed by atoms with van der Waals surface area (Å²) in [6, 6.07) is 13.7. The molecule has 1 aromatic heterocycles. The number of aryl methyl sites for hydroxylation is 2. The van der Waals surface area contributed by atoms with Crippen molar-refractivity contribution in [1.82, 2.24) is 14.5 Å². The molecule has 1 fully saturated rings. The van der Waals surface area contributed by atoms with Crippen LogP contribution < -0.4 is 10.1 Å². The monoisotopic (exact) mass is 490 g/mol. The summed E-state index contributed by atoms with van der Waals surface area (Å²) >= 11 is 0. The van der Waals surface area contributed by atoms with E-state index in [2.05, 4.69) is 25.2 Å². The molecule has 1 atom stereocenters. The van der Waals surface area contributed by atoms with E-state index in [9.17, 15) is 9.59 Å². The van der Waals surface area contributed by atoms with Gasteiger partial charge in [-0.1, -0.05) is 13.0 Å². The van der Waals surface area contributed by atoms with Crippen molar-refractivity contribution in [3.05, 3.63) is 59.8 Å². The first-order valence-electron chi connectivity index (χ1n) is 12.4. The summed E-state index contributed by atoms with van der Waals surface area (Å²) in [5, 5.41) is 2.94. The zero-order valence-electron chi connectivity index (χ0n) is 21.4. The Labute approximate surface area is 212 Å². The van der Waals surface area contributed by atoms with Crippen LogP contribution in [0.2, 0.25) is 0 Å². The number of amides is 2. The minimum absolute atomic E-state index is 0.0208. The molecular formula is C28H34N4O4. The Balaban J connectivity index is 1.61. The second-order valence-corrected chi connectivity index (χ2v) is 9.13. The van der Waals surface area contributed by atoms with E-state index in [4.69, 9.17) is 14.5 Å². The van der Waals surface area contributed by atoms with Gasteiger partial charge < -0.3 is 14.4 Å². The molecule has 3 aromatic rings. The third kappa shape index (κ3) is 5.94. The van der Waals surface area contributed by atoms with Crippen molar-refractivity contribution >= 4 is 17.8 Å². The number of rotatable bonds is 9. The quantitative estimate of drug-likeness (QED) is 0.477. The molecule has 2 amide bonds. The number of benzene rings is 2. The molecule has 1 N–H and O–H groups in total. The van der Waals surface area contributed by atoms with Crippen LogP contribution in [0, 0.1) is 13.8 Å². The topological polar surface area (TPSA) is 85.7 Å². The minimum Gasteiger partial charge on any atom is -0.497 e. The molecular weight excluding hydrogens is 456 g/mol. The standard InChI is InChI=1S/C28H34N4O4/c1-5-27(34)31(16-24-7-6-14-36-24)18-26(33)30-28-29-25(21-9-12-23(35-4)13-10-21)17-32(28)22-11-8-19(2)20(3)15-22/h8-13,15,17,24H,5-7,14,16,18H2,1-4H3,(H,29,30,33). The Morgan fingerprint density at radius 3 is 2.58 bits per heavy atom. The van der Waals surface area contributed by atoms with Gasteiger partial charge in [-0.2, -0.15) is 0 Å². The van der Waals surface area contributed by atoms with E-state index < -0.39 is 0 Å². The molecule has 2 aromatic carbocycles. The SMILES string of the molecule is CCC(=O)N(CC(=O)Nc1nc(-c2ccc(OC)cc2)cn1-c1ccc(C)c(C)c1)CC1CCCO1. The molecule has 4 rings (SSSR count). The van der Waals surface area contributed by atoms with E-state index in [1.54, 1.807) is 18.9 Å². The Hall–Kier alpha value is -3.65. The molecule has 1 saturated heterocycles. The molecule has 2 heterocycles. The fourth-order valence-electron chi connectivity index (χ4n) is 4.29. The van der Waals surface area contributed by atoms with Crippen molar-refractivity contribution in [2.45, 2.75) is 46.1 Å². The first-order chi connectivity index (χ1) is 17.4. The van der Waals surface area contributed by atoms with Gasteiger partial charge in [0.25, 0.3) is 0 Å². The second kappa shape index (κ2) is 11.4. The second-order valence-electron chi connectivity index (χ2n) is 9.13. The predicted molar refractivity (Wildman–Crippen MR) is 140 cm³/mol. The molecule has 0 radical (unpaired) electrons. The Bertz CT molecular complexity index is 1210. The van der Waals surface area contributed by atoms with Crippen molar-refractivity contribution < 1.29 is 19.1 Å². The van der Waals surface area contributed by atoms with Gasteiger partial charge in [-0.3, -0.25) is 19.5 Å². The number of hydrogen-bond donors (Lipinski definition) is 1. The maximum atomic E-state index is 13.1. The van der Waals surface area contributed by atoms with E-state index in [0.29, 0.717) is 31.2 Å². The molecule has 1 aliphatic rings. The summed E-state index contributed by atoms with van der Waals surface area (Å²) in [6.45, 7) is 6.99. The highest BCUT2D eigenvalue weighted by molar-refractivity contribution is 5.93. The van der Waals surface area contributed by atoms with Crippen molar-refractivity contribution in [2.75, 3.05) is 32.1 Å². The van der Waals surface area contributed by atoms with E-state index in [-0.39, 0.29) is 24.5 Å². The Morgan fingerprint density at radius 1 is 1.17 bits per heavy atom. The van der Waals surface area contributed by atoms with Gasteiger partial charge in [0.15, 0.2) is 0 Å². The number of nitrogens with one attached hydrogen (secondary N) is 1. The average Bonchev–Trinajstić information content (AvgIpc) is 3.55. The van der Waals surface area contributed by atoms with Crippen LogP contribution in [-0.2, 0) is 14.3 Å². The zero-order valence-corrected chi connectivity index (χ0v) is 21.4. The van der Waals surface area contributed by atoms with Crippen molar-refractivity contribution in [3.63, 3.8) is 0 Å². The summed E-state index contributed by atoms with van der Waals surface area (Å²) < 4.78 is 12.8. The van der Waals surface area contributed by atoms with Gasteiger partial charge >= 0.3 is 0 Å². The highest BCUT2D eigenvalue weighted by Crippen LogP contribution is 2.27. The molecule has 0 spiro atoms. The van der Waals surface area contributed by atoms with Gasteiger partial charge in [0, 0.05) is 37.0 Å². The molecule has 36 heavy (non-hydrogen) atoms. The summed E-state index contributed by atoms with van der Waals surface area (Å²) in [6.07, 6.45) is 4.10. The molecule has 0 aliphatic carbocycles. The van der Waals surface area contributed by atoms with Crippen LogP contribution in [0.5, 0.6) is 5.75 Å². The number of carbonyl (C=O) groups is 2. The summed E-state index contributed by atoms with van der Waals surface area (Å²) in [7, 11) is 1.63. The number of ether oxygens (including phenoxy) is 2. The normalized spacial score (nSPS) is 15.1. The number of imidazole rings is 1. The average molecular weight is 491 g/mol.